The highest BCUT2D eigenvalue weighted by Crippen LogP contribution is 2.33. The molecule has 2 amide bonds. The summed E-state index contributed by atoms with van der Waals surface area (Å²) in [6.45, 7) is 3.57. The number of amides is 2. The molecule has 1 aliphatic rings. The lowest BCUT2D eigenvalue weighted by molar-refractivity contribution is -0.140. The van der Waals surface area contributed by atoms with Crippen LogP contribution in [0.3, 0.4) is 0 Å². The number of rotatable bonds is 14. The minimum absolute atomic E-state index is 0.0434. The molecule has 230 valence electrons. The second-order valence-corrected chi connectivity index (χ2v) is 12.4. The highest BCUT2D eigenvalue weighted by Gasteiger charge is 2.35. The third kappa shape index (κ3) is 7.87. The number of methoxy groups -OCH3 is 1. The van der Waals surface area contributed by atoms with Crippen LogP contribution in [0.25, 0.3) is 0 Å². The largest absolute Gasteiger partial charge is 0.497 e. The highest BCUT2D eigenvalue weighted by atomic mass is 32.2. The molecule has 1 atom stereocenters. The summed E-state index contributed by atoms with van der Waals surface area (Å²) in [6.07, 6.45) is 4.29. The molecular formula is C33H41N3O6S. The van der Waals surface area contributed by atoms with Crippen molar-refractivity contribution >= 4 is 27.5 Å². The highest BCUT2D eigenvalue weighted by molar-refractivity contribution is 7.92. The summed E-state index contributed by atoms with van der Waals surface area (Å²) in [5, 5.41) is 3.13. The number of nitrogens with one attached hydrogen (secondary N) is 1. The summed E-state index contributed by atoms with van der Waals surface area (Å²) < 4.78 is 40.3. The Labute approximate surface area is 254 Å². The molecule has 43 heavy (non-hydrogen) atoms. The number of anilines is 1. The van der Waals surface area contributed by atoms with Gasteiger partial charge in [-0.1, -0.05) is 62.2 Å². The standard InChI is InChI=1S/C33H41N3O6S/c1-4-29(33(38)34-26-13-9-10-14-26)35(23-25-19-21-27(41-3)22-20-25)32(37)24-36(30-17-11-12-18-31(30)42-5-2)43(39,40)28-15-7-6-8-16-28/h6-8,11-12,15-22,26,29H,4-5,9-10,13-14,23-24H2,1-3H3,(H,34,38)/t29-/m0/s1. The van der Waals surface area contributed by atoms with Crippen molar-refractivity contribution in [3.05, 3.63) is 84.4 Å². The first-order chi connectivity index (χ1) is 20.8. The number of hydrogen-bond acceptors (Lipinski definition) is 6. The van der Waals surface area contributed by atoms with Gasteiger partial charge in [0.05, 0.1) is 24.3 Å². The number of para-hydroxylation sites is 2. The zero-order chi connectivity index (χ0) is 30.8. The molecule has 0 heterocycles. The van der Waals surface area contributed by atoms with Gasteiger partial charge in [0.15, 0.2) is 0 Å². The van der Waals surface area contributed by atoms with Crippen molar-refractivity contribution in [2.24, 2.45) is 0 Å². The molecule has 1 fully saturated rings. The van der Waals surface area contributed by atoms with Gasteiger partial charge in [0.2, 0.25) is 11.8 Å². The normalized spacial score (nSPS) is 14.1. The number of nitrogens with zero attached hydrogens (tertiary/aromatic N) is 2. The molecule has 0 aromatic heterocycles. The number of ether oxygens (including phenoxy) is 2. The van der Waals surface area contributed by atoms with E-state index in [-0.39, 0.29) is 29.1 Å². The average molecular weight is 608 g/mol. The predicted molar refractivity (Wildman–Crippen MR) is 167 cm³/mol. The summed E-state index contributed by atoms with van der Waals surface area (Å²) in [6, 6.07) is 21.3. The van der Waals surface area contributed by atoms with Crippen LogP contribution >= 0.6 is 0 Å². The number of benzene rings is 3. The summed E-state index contributed by atoms with van der Waals surface area (Å²) in [5.74, 6) is 0.267. The first kappa shape index (κ1) is 31.9. The maximum absolute atomic E-state index is 14.3. The Hall–Kier alpha value is -4.05. The Balaban J connectivity index is 1.74. The van der Waals surface area contributed by atoms with E-state index in [1.807, 2.05) is 26.0 Å². The van der Waals surface area contributed by atoms with E-state index in [9.17, 15) is 18.0 Å². The maximum Gasteiger partial charge on any atom is 0.264 e. The van der Waals surface area contributed by atoms with Crippen LogP contribution < -0.4 is 19.1 Å². The van der Waals surface area contributed by atoms with Crippen LogP contribution in [0.15, 0.2) is 83.8 Å². The van der Waals surface area contributed by atoms with E-state index in [1.54, 1.807) is 61.7 Å². The van der Waals surface area contributed by atoms with Crippen LogP contribution in [0.2, 0.25) is 0 Å². The first-order valence-electron chi connectivity index (χ1n) is 14.8. The molecule has 9 nitrogen and oxygen atoms in total. The molecule has 0 bridgehead atoms. The topological polar surface area (TPSA) is 105 Å². The van der Waals surface area contributed by atoms with Gasteiger partial charge in [-0.15, -0.1) is 0 Å². The summed E-state index contributed by atoms with van der Waals surface area (Å²) in [5.41, 5.74) is 1.03. The molecule has 0 saturated heterocycles. The lowest BCUT2D eigenvalue weighted by atomic mass is 10.1. The number of carbonyl (C=O) groups is 2. The third-order valence-corrected chi connectivity index (χ3v) is 9.42. The molecule has 4 rings (SSSR count). The lowest BCUT2D eigenvalue weighted by Gasteiger charge is -2.34. The molecule has 1 saturated carbocycles. The van der Waals surface area contributed by atoms with Crippen LogP contribution in [0.1, 0.15) is 51.5 Å². The van der Waals surface area contributed by atoms with E-state index < -0.39 is 28.5 Å². The van der Waals surface area contributed by atoms with E-state index >= 15 is 0 Å². The van der Waals surface area contributed by atoms with Crippen LogP contribution in [-0.4, -0.2) is 57.5 Å². The van der Waals surface area contributed by atoms with Gasteiger partial charge in [0.25, 0.3) is 10.0 Å². The fourth-order valence-electron chi connectivity index (χ4n) is 5.39. The number of sulfonamides is 1. The fourth-order valence-corrected chi connectivity index (χ4v) is 6.83. The van der Waals surface area contributed by atoms with Gasteiger partial charge in [-0.2, -0.15) is 0 Å². The Morgan fingerprint density at radius 2 is 1.58 bits per heavy atom. The minimum Gasteiger partial charge on any atom is -0.497 e. The van der Waals surface area contributed by atoms with Gasteiger partial charge in [0, 0.05) is 12.6 Å². The van der Waals surface area contributed by atoms with E-state index in [0.29, 0.717) is 24.5 Å². The van der Waals surface area contributed by atoms with Crippen molar-refractivity contribution < 1.29 is 27.5 Å². The van der Waals surface area contributed by atoms with Gasteiger partial charge in [-0.3, -0.25) is 13.9 Å². The van der Waals surface area contributed by atoms with Crippen molar-refractivity contribution in [3.8, 4) is 11.5 Å². The zero-order valence-electron chi connectivity index (χ0n) is 25.1. The number of hydrogen-bond donors (Lipinski definition) is 1. The molecular weight excluding hydrogens is 566 g/mol. The second-order valence-electron chi connectivity index (χ2n) is 10.5. The first-order valence-corrected chi connectivity index (χ1v) is 16.2. The molecule has 1 N–H and O–H groups in total. The van der Waals surface area contributed by atoms with Gasteiger partial charge in [-0.05, 0) is 68.1 Å². The average Bonchev–Trinajstić information content (AvgIpc) is 3.54. The quantitative estimate of drug-likeness (QED) is 0.272. The Morgan fingerprint density at radius 1 is 0.930 bits per heavy atom. The van der Waals surface area contributed by atoms with Crippen molar-refractivity contribution in [1.29, 1.82) is 0 Å². The molecule has 0 aliphatic heterocycles. The minimum atomic E-state index is -4.19. The summed E-state index contributed by atoms with van der Waals surface area (Å²) >= 11 is 0. The van der Waals surface area contributed by atoms with Crippen LogP contribution in [0.4, 0.5) is 5.69 Å². The molecule has 3 aromatic carbocycles. The molecule has 10 heteroatoms. The number of carbonyl (C=O) groups excluding carboxylic acids is 2. The molecule has 0 radical (unpaired) electrons. The molecule has 1 aliphatic carbocycles. The van der Waals surface area contributed by atoms with E-state index in [2.05, 4.69) is 5.32 Å². The summed E-state index contributed by atoms with van der Waals surface area (Å²) in [4.78, 5) is 29.5. The van der Waals surface area contributed by atoms with Gasteiger partial charge in [-0.25, -0.2) is 8.42 Å². The Kier molecular flexibility index (Phi) is 11.1. The molecule has 3 aromatic rings. The van der Waals surface area contributed by atoms with E-state index in [4.69, 9.17) is 9.47 Å². The van der Waals surface area contributed by atoms with Crippen molar-refractivity contribution in [1.82, 2.24) is 10.2 Å². The second kappa shape index (κ2) is 14.9. The van der Waals surface area contributed by atoms with Gasteiger partial charge >= 0.3 is 0 Å². The van der Waals surface area contributed by atoms with Gasteiger partial charge < -0.3 is 19.7 Å². The van der Waals surface area contributed by atoms with Crippen LogP contribution in [-0.2, 0) is 26.2 Å². The third-order valence-electron chi connectivity index (χ3n) is 7.64. The van der Waals surface area contributed by atoms with Gasteiger partial charge in [0.1, 0.15) is 24.1 Å². The van der Waals surface area contributed by atoms with Crippen molar-refractivity contribution in [2.75, 3.05) is 24.6 Å². The smallest absolute Gasteiger partial charge is 0.264 e. The summed E-state index contributed by atoms with van der Waals surface area (Å²) in [7, 11) is -2.61. The fraction of sp³-hybridized carbons (Fsp3) is 0.394. The monoisotopic (exact) mass is 607 g/mol. The van der Waals surface area contributed by atoms with E-state index in [1.165, 1.54) is 17.0 Å². The molecule has 0 spiro atoms. The SMILES string of the molecule is CCOc1ccccc1N(CC(=O)N(Cc1ccc(OC)cc1)[C@@H](CC)C(=O)NC1CCCC1)S(=O)(=O)c1ccccc1. The van der Waals surface area contributed by atoms with Crippen molar-refractivity contribution in [3.63, 3.8) is 0 Å². The van der Waals surface area contributed by atoms with Crippen LogP contribution in [0.5, 0.6) is 11.5 Å². The van der Waals surface area contributed by atoms with Crippen LogP contribution in [0, 0.1) is 0 Å². The Morgan fingerprint density at radius 3 is 2.21 bits per heavy atom. The molecule has 0 unspecified atom stereocenters. The Bertz CT molecular complexity index is 1460. The predicted octanol–water partition coefficient (Wildman–Crippen LogP) is 5.16. The van der Waals surface area contributed by atoms with Crippen molar-refractivity contribution in [2.45, 2.75) is 69.5 Å². The maximum atomic E-state index is 14.3. The van der Waals surface area contributed by atoms with E-state index in [0.717, 1.165) is 35.6 Å². The zero-order valence-corrected chi connectivity index (χ0v) is 25.9. The lowest BCUT2D eigenvalue weighted by Crippen LogP contribution is -2.53.